The first-order chi connectivity index (χ1) is 27.2. The summed E-state index contributed by atoms with van der Waals surface area (Å²) < 4.78 is 10.6. The molecule has 0 aromatic heterocycles. The zero-order valence-corrected chi connectivity index (χ0v) is 36.4. The standard InChI is InChI=1S/C48H86O8/c1-4-6-8-10-12-14-16-18-20-22-24-26-28-30-32-34-36-43(47(51)52)38-45(49)55-40-42(3)41-56-46(50)39-44(48(53)54)37-35-33-31-29-27-25-23-21-19-17-15-13-11-9-7-5-2/h32-35,42-44H,4-31,36-41H2,1-3H3,(H,51,52)(H,53,54). The Kier molecular flexibility index (Phi) is 38.6. The lowest BCUT2D eigenvalue weighted by atomic mass is 10.0. The van der Waals surface area contributed by atoms with Crippen LogP contribution < -0.4 is 0 Å². The minimum atomic E-state index is -1.03. The van der Waals surface area contributed by atoms with Gasteiger partial charge in [0, 0.05) is 5.92 Å². The van der Waals surface area contributed by atoms with E-state index in [0.717, 1.165) is 25.7 Å². The van der Waals surface area contributed by atoms with Crippen LogP contribution in [0.2, 0.25) is 0 Å². The lowest BCUT2D eigenvalue weighted by Gasteiger charge is -2.15. The van der Waals surface area contributed by atoms with Crippen LogP contribution in [-0.2, 0) is 28.7 Å². The van der Waals surface area contributed by atoms with Gasteiger partial charge in [-0.15, -0.1) is 0 Å². The van der Waals surface area contributed by atoms with Crippen LogP contribution in [0, 0.1) is 17.8 Å². The van der Waals surface area contributed by atoms with Crippen molar-refractivity contribution in [3.63, 3.8) is 0 Å². The first-order valence-corrected chi connectivity index (χ1v) is 23.3. The second-order valence-electron chi connectivity index (χ2n) is 16.4. The number of carboxylic acid groups (broad SMARTS) is 2. The van der Waals surface area contributed by atoms with E-state index in [1.54, 1.807) is 6.92 Å². The summed E-state index contributed by atoms with van der Waals surface area (Å²) in [5.74, 6) is -5.28. The molecule has 0 rings (SSSR count). The highest BCUT2D eigenvalue weighted by Gasteiger charge is 2.23. The maximum absolute atomic E-state index is 12.4. The number of allylic oxidation sites excluding steroid dienone is 4. The van der Waals surface area contributed by atoms with Crippen molar-refractivity contribution in [2.75, 3.05) is 13.2 Å². The quantitative estimate of drug-likeness (QED) is 0.0355. The molecule has 2 unspecified atom stereocenters. The second-order valence-corrected chi connectivity index (χ2v) is 16.4. The van der Waals surface area contributed by atoms with Crippen molar-refractivity contribution < 1.29 is 38.9 Å². The number of unbranched alkanes of at least 4 members (excludes halogenated alkanes) is 26. The molecule has 0 saturated carbocycles. The van der Waals surface area contributed by atoms with Gasteiger partial charge in [0.1, 0.15) is 0 Å². The number of hydrogen-bond donors (Lipinski definition) is 2. The zero-order valence-electron chi connectivity index (χ0n) is 36.4. The fourth-order valence-electron chi connectivity index (χ4n) is 6.90. The Morgan fingerprint density at radius 1 is 0.429 bits per heavy atom. The number of esters is 2. The van der Waals surface area contributed by atoms with Crippen molar-refractivity contribution in [1.29, 1.82) is 0 Å². The van der Waals surface area contributed by atoms with E-state index in [-0.39, 0.29) is 44.8 Å². The number of ether oxygens (including phenoxy) is 2. The molecule has 0 aliphatic rings. The molecule has 0 spiro atoms. The lowest BCUT2D eigenvalue weighted by molar-refractivity contribution is -0.155. The predicted octanol–water partition coefficient (Wildman–Crippen LogP) is 13.7. The van der Waals surface area contributed by atoms with Gasteiger partial charge in [0.25, 0.3) is 0 Å². The second kappa shape index (κ2) is 40.6. The molecule has 8 heteroatoms. The summed E-state index contributed by atoms with van der Waals surface area (Å²) in [4.78, 5) is 48.3. The SMILES string of the molecule is CCCCCCCCCCCCCCCC=CCC(CC(=O)OCC(C)COC(=O)CC(CC=CCCCCCCCCCCCCCCC)C(=O)O)C(=O)O. The van der Waals surface area contributed by atoms with Crippen LogP contribution in [0.25, 0.3) is 0 Å². The average Bonchev–Trinajstić information content (AvgIpc) is 3.17. The summed E-state index contributed by atoms with van der Waals surface area (Å²) in [5.41, 5.74) is 0. The molecule has 0 heterocycles. The Morgan fingerprint density at radius 2 is 0.696 bits per heavy atom. The van der Waals surface area contributed by atoms with Crippen LogP contribution in [-0.4, -0.2) is 47.3 Å². The van der Waals surface area contributed by atoms with Gasteiger partial charge < -0.3 is 19.7 Å². The molecule has 56 heavy (non-hydrogen) atoms. The highest BCUT2D eigenvalue weighted by atomic mass is 16.5. The highest BCUT2D eigenvalue weighted by molar-refractivity contribution is 5.79. The molecule has 0 aliphatic carbocycles. The number of hydrogen-bond acceptors (Lipinski definition) is 6. The number of aliphatic carboxylic acids is 2. The van der Waals surface area contributed by atoms with Crippen LogP contribution in [0.4, 0.5) is 0 Å². The molecule has 326 valence electrons. The summed E-state index contributed by atoms with van der Waals surface area (Å²) >= 11 is 0. The molecule has 0 fully saturated rings. The molecule has 0 radical (unpaired) electrons. The van der Waals surface area contributed by atoms with Crippen molar-refractivity contribution in [3.05, 3.63) is 24.3 Å². The van der Waals surface area contributed by atoms with Gasteiger partial charge in [0.05, 0.1) is 37.9 Å². The minimum absolute atomic E-state index is 0.0162. The Hall–Kier alpha value is -2.64. The fourth-order valence-corrected chi connectivity index (χ4v) is 6.90. The summed E-state index contributed by atoms with van der Waals surface area (Å²) in [7, 11) is 0. The van der Waals surface area contributed by atoms with Crippen molar-refractivity contribution >= 4 is 23.9 Å². The lowest BCUT2D eigenvalue weighted by Crippen LogP contribution is -2.23. The topological polar surface area (TPSA) is 127 Å². The Labute approximate surface area is 343 Å². The summed E-state index contributed by atoms with van der Waals surface area (Å²) in [5, 5.41) is 19.2. The summed E-state index contributed by atoms with van der Waals surface area (Å²) in [6.45, 7) is 6.23. The van der Waals surface area contributed by atoms with Crippen LogP contribution in [0.3, 0.4) is 0 Å². The van der Waals surface area contributed by atoms with Gasteiger partial charge in [-0.25, -0.2) is 0 Å². The minimum Gasteiger partial charge on any atom is -0.481 e. The van der Waals surface area contributed by atoms with Gasteiger partial charge in [-0.05, 0) is 38.5 Å². The maximum Gasteiger partial charge on any atom is 0.307 e. The van der Waals surface area contributed by atoms with E-state index in [2.05, 4.69) is 13.8 Å². The van der Waals surface area contributed by atoms with Crippen LogP contribution >= 0.6 is 0 Å². The number of carbonyl (C=O) groups is 4. The third-order valence-corrected chi connectivity index (χ3v) is 10.7. The Bertz CT molecular complexity index is 927. The molecule has 2 atom stereocenters. The van der Waals surface area contributed by atoms with Gasteiger partial charge in [-0.3, -0.25) is 19.2 Å². The zero-order chi connectivity index (χ0) is 41.3. The van der Waals surface area contributed by atoms with E-state index >= 15 is 0 Å². The predicted molar refractivity (Wildman–Crippen MR) is 231 cm³/mol. The van der Waals surface area contributed by atoms with Crippen molar-refractivity contribution in [1.82, 2.24) is 0 Å². The molecule has 0 saturated heterocycles. The van der Waals surface area contributed by atoms with Gasteiger partial charge in [-0.2, -0.15) is 0 Å². The molecule has 0 bridgehead atoms. The number of rotatable bonds is 42. The average molecular weight is 791 g/mol. The normalized spacial score (nSPS) is 13.3. The van der Waals surface area contributed by atoms with E-state index in [4.69, 9.17) is 9.47 Å². The van der Waals surface area contributed by atoms with Gasteiger partial charge in [0.2, 0.25) is 0 Å². The van der Waals surface area contributed by atoms with Crippen LogP contribution in [0.1, 0.15) is 226 Å². The third-order valence-electron chi connectivity index (χ3n) is 10.7. The summed E-state index contributed by atoms with van der Waals surface area (Å²) in [6.07, 6.45) is 43.7. The Balaban J connectivity index is 4.03. The largest absolute Gasteiger partial charge is 0.481 e. The van der Waals surface area contributed by atoms with E-state index in [9.17, 15) is 29.4 Å². The Morgan fingerprint density at radius 3 is 0.964 bits per heavy atom. The molecule has 0 amide bonds. The van der Waals surface area contributed by atoms with Crippen LogP contribution in [0.15, 0.2) is 24.3 Å². The van der Waals surface area contributed by atoms with Crippen molar-refractivity contribution in [3.8, 4) is 0 Å². The van der Waals surface area contributed by atoms with Gasteiger partial charge in [0.15, 0.2) is 0 Å². The molecule has 0 aromatic rings. The summed E-state index contributed by atoms with van der Waals surface area (Å²) in [6, 6.07) is 0. The first kappa shape index (κ1) is 53.4. The van der Waals surface area contributed by atoms with Crippen molar-refractivity contribution in [2.45, 2.75) is 226 Å². The van der Waals surface area contributed by atoms with Gasteiger partial charge in [-0.1, -0.05) is 199 Å². The molecule has 8 nitrogen and oxygen atoms in total. The van der Waals surface area contributed by atoms with E-state index in [0.29, 0.717) is 0 Å². The monoisotopic (exact) mass is 791 g/mol. The highest BCUT2D eigenvalue weighted by Crippen LogP contribution is 2.17. The third kappa shape index (κ3) is 37.0. The fraction of sp³-hybridized carbons (Fsp3) is 0.833. The first-order valence-electron chi connectivity index (χ1n) is 23.3. The molecule has 2 N–H and O–H groups in total. The molecule has 0 aliphatic heterocycles. The van der Waals surface area contributed by atoms with Crippen molar-refractivity contribution in [2.24, 2.45) is 17.8 Å². The molecular formula is C48H86O8. The molecular weight excluding hydrogens is 705 g/mol. The van der Waals surface area contributed by atoms with E-state index < -0.39 is 35.7 Å². The molecule has 0 aromatic carbocycles. The number of carbonyl (C=O) groups excluding carboxylic acids is 2. The smallest absolute Gasteiger partial charge is 0.307 e. The van der Waals surface area contributed by atoms with E-state index in [1.165, 1.54) is 154 Å². The maximum atomic E-state index is 12.4. The van der Waals surface area contributed by atoms with E-state index in [1.807, 2.05) is 24.3 Å². The van der Waals surface area contributed by atoms with Crippen LogP contribution in [0.5, 0.6) is 0 Å². The van der Waals surface area contributed by atoms with Gasteiger partial charge >= 0.3 is 23.9 Å². The number of carboxylic acids is 2.